The number of carbonyl (C=O) groups is 1. The molecule has 0 radical (unpaired) electrons. The van der Waals surface area contributed by atoms with Crippen LogP contribution < -0.4 is 10.1 Å². The Morgan fingerprint density at radius 3 is 2.60 bits per heavy atom. The Morgan fingerprint density at radius 2 is 1.81 bits per heavy atom. The predicted molar refractivity (Wildman–Crippen MR) is 190 cm³/mol. The zero-order valence-corrected chi connectivity index (χ0v) is 28.5. The van der Waals surface area contributed by atoms with Crippen molar-refractivity contribution in [3.63, 3.8) is 0 Å². The number of fused-ring (bicyclic) bond motifs is 6. The molecule has 0 saturated heterocycles. The number of pyridine rings is 1. The summed E-state index contributed by atoms with van der Waals surface area (Å²) < 4.78 is 53.6. The highest BCUT2D eigenvalue weighted by Crippen LogP contribution is 2.40. The molecule has 0 saturated carbocycles. The van der Waals surface area contributed by atoms with Gasteiger partial charge < -0.3 is 19.4 Å². The lowest BCUT2D eigenvalue weighted by Crippen LogP contribution is -2.21. The van der Waals surface area contributed by atoms with Crippen molar-refractivity contribution in [2.75, 3.05) is 11.9 Å². The van der Waals surface area contributed by atoms with Crippen molar-refractivity contribution < 1.29 is 27.4 Å². The van der Waals surface area contributed by atoms with E-state index in [1.165, 1.54) is 36.4 Å². The molecule has 5 heterocycles. The Labute approximate surface area is 304 Å². The maximum absolute atomic E-state index is 13.7. The normalized spacial score (nSPS) is 14.8. The van der Waals surface area contributed by atoms with Crippen LogP contribution in [0.5, 0.6) is 5.75 Å². The average molecular weight is 735 g/mol. The summed E-state index contributed by atoms with van der Waals surface area (Å²) in [7, 11) is 0. The topological polar surface area (TPSA) is 122 Å². The number of nitrogens with zero attached hydrogens (tertiary/aromatic N) is 7. The van der Waals surface area contributed by atoms with Crippen molar-refractivity contribution in [3.05, 3.63) is 120 Å². The molecule has 0 spiro atoms. The van der Waals surface area contributed by atoms with Gasteiger partial charge in [-0.05, 0) is 79.7 Å². The first-order valence-corrected chi connectivity index (χ1v) is 16.9. The fraction of sp³-hybridized carbons (Fsp3) is 0.158. The quantitative estimate of drug-likeness (QED) is 0.164. The molecule has 1 aliphatic carbocycles. The Bertz CT molecular complexity index is 2570. The molecule has 15 heteroatoms. The van der Waals surface area contributed by atoms with Crippen molar-refractivity contribution in [2.45, 2.75) is 31.6 Å². The summed E-state index contributed by atoms with van der Waals surface area (Å²) in [6.07, 6.45) is 5.88. The number of alkyl halides is 3. The van der Waals surface area contributed by atoms with E-state index in [1.807, 2.05) is 12.3 Å². The SMILES string of the molecule is C[C@@H]1COCc2nc3cc(C(=O)Nc4ccc(OC(F)(F)Cl)cc4)cc(-c4cnc5c(c4)-c4nn(-c6nccc(-c7ccc(F)cc7)n6)cc4C5)c3n21. The summed E-state index contributed by atoms with van der Waals surface area (Å²) in [5.41, 5.74) is 4.56. The third kappa shape index (κ3) is 6.15. The lowest BCUT2D eigenvalue weighted by atomic mass is 9.99. The van der Waals surface area contributed by atoms with Gasteiger partial charge in [0.1, 0.15) is 24.0 Å². The molecule has 0 unspecified atom stereocenters. The molecule has 1 amide bonds. The molecular weight excluding hydrogens is 709 g/mol. The molecular formula is C38H26ClF3N8O3. The van der Waals surface area contributed by atoms with Gasteiger partial charge in [-0.2, -0.15) is 5.10 Å². The minimum absolute atomic E-state index is 0.0152. The zero-order valence-electron chi connectivity index (χ0n) is 27.7. The first-order valence-electron chi connectivity index (χ1n) is 16.5. The molecule has 264 valence electrons. The number of halogens is 4. The molecule has 11 nitrogen and oxygen atoms in total. The highest BCUT2D eigenvalue weighted by Gasteiger charge is 2.29. The van der Waals surface area contributed by atoms with Crippen molar-refractivity contribution in [2.24, 2.45) is 0 Å². The third-order valence-corrected chi connectivity index (χ3v) is 9.25. The van der Waals surface area contributed by atoms with Crippen LogP contribution in [-0.2, 0) is 17.8 Å². The standard InChI is InChI=1S/C38H26ClF3N8O3/c1-20-18-52-19-33-46-32-14-22(36(51)45-26-6-8-27(9-7-26)53-38(39,41)42)12-28(35(32)50(20)33)23-13-29-31(44-16-23)15-24-17-49(48-34(24)29)37-43-11-10-30(47-37)21-2-4-25(40)5-3-21/h2-14,16-17,20H,15,18-19H2,1H3,(H,45,51)/t20-/m1/s1. The Balaban J connectivity index is 1.08. The molecule has 2 aliphatic rings. The number of hydrogen-bond acceptors (Lipinski definition) is 8. The van der Waals surface area contributed by atoms with E-state index in [2.05, 4.69) is 31.5 Å². The van der Waals surface area contributed by atoms with E-state index < -0.39 is 11.5 Å². The number of amides is 1. The Kier molecular flexibility index (Phi) is 7.75. The van der Waals surface area contributed by atoms with Crippen LogP contribution in [0.25, 0.3) is 50.6 Å². The van der Waals surface area contributed by atoms with Crippen molar-refractivity contribution in [1.82, 2.24) is 34.3 Å². The van der Waals surface area contributed by atoms with E-state index in [0.29, 0.717) is 48.0 Å². The van der Waals surface area contributed by atoms with Gasteiger partial charge in [0.25, 0.3) is 11.9 Å². The number of anilines is 1. The summed E-state index contributed by atoms with van der Waals surface area (Å²) >= 11 is 4.88. The second-order valence-corrected chi connectivity index (χ2v) is 13.2. The number of aromatic nitrogens is 7. The minimum Gasteiger partial charge on any atom is -0.420 e. The van der Waals surface area contributed by atoms with Gasteiger partial charge in [-0.3, -0.25) is 9.78 Å². The van der Waals surface area contributed by atoms with Crippen LogP contribution in [-0.4, -0.2) is 52.4 Å². The number of hydrogen-bond donors (Lipinski definition) is 1. The van der Waals surface area contributed by atoms with Crippen molar-refractivity contribution >= 4 is 34.2 Å². The molecule has 3 aromatic carbocycles. The maximum atomic E-state index is 13.7. The Hall–Kier alpha value is -6.12. The maximum Gasteiger partial charge on any atom is 0.487 e. The largest absolute Gasteiger partial charge is 0.487 e. The van der Waals surface area contributed by atoms with Gasteiger partial charge in [0.05, 0.1) is 40.8 Å². The van der Waals surface area contributed by atoms with E-state index in [9.17, 15) is 18.0 Å². The van der Waals surface area contributed by atoms with Crippen molar-refractivity contribution in [1.29, 1.82) is 0 Å². The van der Waals surface area contributed by atoms with Gasteiger partial charge in [0.2, 0.25) is 0 Å². The number of benzene rings is 3. The number of carbonyl (C=O) groups excluding carboxylic acids is 1. The van der Waals surface area contributed by atoms with E-state index in [0.717, 1.165) is 50.5 Å². The van der Waals surface area contributed by atoms with Gasteiger partial charge in [-0.25, -0.2) is 24.0 Å². The zero-order chi connectivity index (χ0) is 36.4. The van der Waals surface area contributed by atoms with Gasteiger partial charge in [0.15, 0.2) is 0 Å². The summed E-state index contributed by atoms with van der Waals surface area (Å²) in [4.78, 5) is 32.5. The minimum atomic E-state index is -3.86. The Morgan fingerprint density at radius 1 is 1.00 bits per heavy atom. The summed E-state index contributed by atoms with van der Waals surface area (Å²) in [5.74, 6) is 0.188. The second-order valence-electron chi connectivity index (χ2n) is 12.8. The van der Waals surface area contributed by atoms with Gasteiger partial charge in [0, 0.05) is 75.7 Å². The average Bonchev–Trinajstić information content (AvgIpc) is 3.83. The summed E-state index contributed by atoms with van der Waals surface area (Å²) in [6, 6.07) is 18.8. The lowest BCUT2D eigenvalue weighted by Gasteiger charge is -2.23. The van der Waals surface area contributed by atoms with E-state index in [4.69, 9.17) is 31.4 Å². The second kappa shape index (κ2) is 12.5. The number of rotatable bonds is 7. The molecule has 9 rings (SSSR count). The van der Waals surface area contributed by atoms with Crippen LogP contribution in [0.15, 0.2) is 91.4 Å². The molecule has 53 heavy (non-hydrogen) atoms. The van der Waals surface area contributed by atoms with Crippen LogP contribution in [0.4, 0.5) is 18.9 Å². The van der Waals surface area contributed by atoms with Gasteiger partial charge >= 0.3 is 5.57 Å². The number of nitrogens with one attached hydrogen (secondary N) is 1. The smallest absolute Gasteiger partial charge is 0.420 e. The molecule has 1 atom stereocenters. The molecule has 1 N–H and O–H groups in total. The van der Waals surface area contributed by atoms with Crippen LogP contribution in [0.2, 0.25) is 0 Å². The summed E-state index contributed by atoms with van der Waals surface area (Å²) in [5, 5.41) is 7.70. The van der Waals surface area contributed by atoms with E-state index >= 15 is 0 Å². The fourth-order valence-corrected chi connectivity index (χ4v) is 6.91. The molecule has 0 fully saturated rings. The van der Waals surface area contributed by atoms with Crippen molar-refractivity contribution in [3.8, 4) is 45.3 Å². The van der Waals surface area contributed by atoms with Gasteiger partial charge in [-0.1, -0.05) is 0 Å². The highest BCUT2D eigenvalue weighted by molar-refractivity contribution is 6.20. The van der Waals surface area contributed by atoms with Crippen LogP contribution in [0.1, 0.15) is 40.4 Å². The molecule has 1 aliphatic heterocycles. The third-order valence-electron chi connectivity index (χ3n) is 9.17. The fourth-order valence-electron chi connectivity index (χ4n) is 6.82. The highest BCUT2D eigenvalue weighted by atomic mass is 35.5. The molecule has 4 aromatic heterocycles. The first kappa shape index (κ1) is 32.8. The molecule has 7 aromatic rings. The van der Waals surface area contributed by atoms with E-state index in [1.54, 1.807) is 47.4 Å². The number of imidazole rings is 1. The molecule has 0 bridgehead atoms. The lowest BCUT2D eigenvalue weighted by molar-refractivity contribution is -0.0964. The van der Waals surface area contributed by atoms with Crippen LogP contribution in [0.3, 0.4) is 0 Å². The summed E-state index contributed by atoms with van der Waals surface area (Å²) in [6.45, 7) is 2.88. The number of ether oxygens (including phenoxy) is 2. The van der Waals surface area contributed by atoms with Crippen LogP contribution >= 0.6 is 11.6 Å². The predicted octanol–water partition coefficient (Wildman–Crippen LogP) is 7.96. The van der Waals surface area contributed by atoms with E-state index in [-0.39, 0.29) is 17.6 Å². The monoisotopic (exact) mass is 734 g/mol. The van der Waals surface area contributed by atoms with Crippen LogP contribution in [0, 0.1) is 5.82 Å². The van der Waals surface area contributed by atoms with Gasteiger partial charge in [-0.15, -0.1) is 8.78 Å². The first-order chi connectivity index (χ1) is 25.6.